The van der Waals surface area contributed by atoms with Gasteiger partial charge in [0, 0.05) is 28.7 Å². The number of ether oxygens (including phenoxy) is 1. The van der Waals surface area contributed by atoms with Crippen LogP contribution in [0.5, 0.6) is 0 Å². The SMILES string of the molecule is C=C(C)OC(=C)c1ccncc1.CC.Cc1c2ccccc2nc2ccccc12. The molecule has 0 saturated heterocycles. The van der Waals surface area contributed by atoms with Crippen molar-refractivity contribution in [2.45, 2.75) is 27.7 Å². The fourth-order valence-corrected chi connectivity index (χ4v) is 2.86. The van der Waals surface area contributed by atoms with E-state index in [2.05, 4.69) is 66.4 Å². The molecular weight excluding hydrogens is 356 g/mol. The van der Waals surface area contributed by atoms with Crippen LogP contribution in [-0.4, -0.2) is 9.97 Å². The summed E-state index contributed by atoms with van der Waals surface area (Å²) < 4.78 is 5.22. The van der Waals surface area contributed by atoms with Gasteiger partial charge in [0.2, 0.25) is 0 Å². The summed E-state index contributed by atoms with van der Waals surface area (Å²) in [6, 6.07) is 20.2. The van der Waals surface area contributed by atoms with Gasteiger partial charge in [-0.2, -0.15) is 0 Å². The van der Waals surface area contributed by atoms with Crippen molar-refractivity contribution in [1.29, 1.82) is 0 Å². The molecule has 4 aromatic rings. The summed E-state index contributed by atoms with van der Waals surface area (Å²) in [5.74, 6) is 1.24. The number of allylic oxidation sites excluding steroid dienone is 1. The number of aromatic nitrogens is 2. The number of para-hydroxylation sites is 2. The minimum atomic E-state index is 0.602. The fourth-order valence-electron chi connectivity index (χ4n) is 2.86. The minimum absolute atomic E-state index is 0.602. The molecule has 3 nitrogen and oxygen atoms in total. The van der Waals surface area contributed by atoms with E-state index in [0.717, 1.165) is 16.6 Å². The Labute approximate surface area is 173 Å². The molecule has 0 aliphatic carbocycles. The first kappa shape index (κ1) is 21.8. The predicted molar refractivity (Wildman–Crippen MR) is 125 cm³/mol. The van der Waals surface area contributed by atoms with E-state index < -0.39 is 0 Å². The Hall–Kier alpha value is -3.46. The highest BCUT2D eigenvalue weighted by Crippen LogP contribution is 2.24. The van der Waals surface area contributed by atoms with Crippen molar-refractivity contribution in [2.24, 2.45) is 0 Å². The molecule has 0 atom stereocenters. The molecule has 148 valence electrons. The van der Waals surface area contributed by atoms with Crippen LogP contribution >= 0.6 is 0 Å². The summed E-state index contributed by atoms with van der Waals surface area (Å²) >= 11 is 0. The average Bonchev–Trinajstić information content (AvgIpc) is 2.76. The Morgan fingerprint density at radius 1 is 0.793 bits per heavy atom. The number of aryl methyl sites for hydroxylation is 1. The molecular formula is C26H28N2O. The van der Waals surface area contributed by atoms with Gasteiger partial charge in [0.05, 0.1) is 16.8 Å². The lowest BCUT2D eigenvalue weighted by molar-refractivity contribution is 0.388. The first-order valence-electron chi connectivity index (χ1n) is 9.73. The van der Waals surface area contributed by atoms with Crippen LogP contribution in [0.3, 0.4) is 0 Å². The van der Waals surface area contributed by atoms with Gasteiger partial charge in [0.15, 0.2) is 0 Å². The van der Waals surface area contributed by atoms with Crippen molar-refractivity contribution in [3.05, 3.63) is 103 Å². The molecule has 0 aliphatic rings. The largest absolute Gasteiger partial charge is 0.463 e. The van der Waals surface area contributed by atoms with Crippen LogP contribution in [0.4, 0.5) is 0 Å². The monoisotopic (exact) mass is 384 g/mol. The molecule has 2 aromatic heterocycles. The maximum atomic E-state index is 5.22. The second kappa shape index (κ2) is 10.8. The number of rotatable bonds is 3. The Bertz CT molecular complexity index is 1050. The smallest absolute Gasteiger partial charge is 0.127 e. The van der Waals surface area contributed by atoms with Crippen molar-refractivity contribution in [1.82, 2.24) is 9.97 Å². The highest BCUT2D eigenvalue weighted by molar-refractivity contribution is 5.96. The third-order valence-electron chi connectivity index (χ3n) is 4.16. The average molecular weight is 385 g/mol. The normalized spacial score (nSPS) is 9.66. The zero-order valence-electron chi connectivity index (χ0n) is 17.6. The minimum Gasteiger partial charge on any atom is -0.463 e. The molecule has 4 rings (SSSR count). The van der Waals surface area contributed by atoms with Gasteiger partial charge < -0.3 is 4.74 Å². The molecule has 0 amide bonds. The molecule has 0 unspecified atom stereocenters. The Morgan fingerprint density at radius 2 is 1.28 bits per heavy atom. The first-order chi connectivity index (χ1) is 14.1. The summed E-state index contributed by atoms with van der Waals surface area (Å²) in [4.78, 5) is 8.53. The van der Waals surface area contributed by atoms with Gasteiger partial charge in [-0.15, -0.1) is 0 Å². The van der Waals surface area contributed by atoms with E-state index in [1.54, 1.807) is 19.3 Å². The van der Waals surface area contributed by atoms with Crippen LogP contribution in [0.1, 0.15) is 31.9 Å². The summed E-state index contributed by atoms with van der Waals surface area (Å²) in [5, 5.41) is 2.49. The first-order valence-corrected chi connectivity index (χ1v) is 9.73. The number of hydrogen-bond acceptors (Lipinski definition) is 3. The van der Waals surface area contributed by atoms with Gasteiger partial charge in [-0.25, -0.2) is 4.98 Å². The second-order valence-corrected chi connectivity index (χ2v) is 6.23. The maximum absolute atomic E-state index is 5.22. The predicted octanol–water partition coefficient (Wildman–Crippen LogP) is 7.33. The fraction of sp³-hybridized carbons (Fsp3) is 0.154. The van der Waals surface area contributed by atoms with E-state index in [4.69, 9.17) is 4.74 Å². The van der Waals surface area contributed by atoms with Crippen LogP contribution < -0.4 is 0 Å². The molecule has 0 bridgehead atoms. The molecule has 3 heteroatoms. The van der Waals surface area contributed by atoms with Crippen molar-refractivity contribution >= 4 is 27.6 Å². The van der Waals surface area contributed by atoms with Gasteiger partial charge in [0.25, 0.3) is 0 Å². The van der Waals surface area contributed by atoms with Crippen molar-refractivity contribution in [2.75, 3.05) is 0 Å². The van der Waals surface area contributed by atoms with E-state index in [-0.39, 0.29) is 0 Å². The zero-order chi connectivity index (χ0) is 21.2. The second-order valence-electron chi connectivity index (χ2n) is 6.23. The van der Waals surface area contributed by atoms with E-state index in [1.807, 2.05) is 38.1 Å². The molecule has 29 heavy (non-hydrogen) atoms. The molecule has 0 aliphatic heterocycles. The number of hydrogen-bond donors (Lipinski definition) is 0. The Balaban J connectivity index is 0.000000196. The van der Waals surface area contributed by atoms with Gasteiger partial charge in [-0.05, 0) is 43.7 Å². The third-order valence-corrected chi connectivity index (χ3v) is 4.16. The van der Waals surface area contributed by atoms with Crippen LogP contribution in [0.15, 0.2) is 92.0 Å². The van der Waals surface area contributed by atoms with E-state index in [1.165, 1.54) is 16.3 Å². The standard InChI is InChI=1S/C14H11N.C10H11NO.C2H6/c1-10-11-6-2-4-8-13(11)15-14-9-5-3-7-12(10)14;1-8(2)12-9(3)10-4-6-11-7-5-10;1-2/h2-9H,1H3;4-7H,1,3H2,2H3;1-2H3. The Kier molecular flexibility index (Phi) is 8.11. The lowest BCUT2D eigenvalue weighted by Crippen LogP contribution is -1.87. The van der Waals surface area contributed by atoms with Crippen molar-refractivity contribution < 1.29 is 4.74 Å². The van der Waals surface area contributed by atoms with Crippen LogP contribution in [0.2, 0.25) is 0 Å². The molecule has 0 fully saturated rings. The highest BCUT2D eigenvalue weighted by atomic mass is 16.5. The van der Waals surface area contributed by atoms with Crippen LogP contribution in [0, 0.1) is 6.92 Å². The highest BCUT2D eigenvalue weighted by Gasteiger charge is 2.03. The number of nitrogens with zero attached hydrogens (tertiary/aromatic N) is 2. The Morgan fingerprint density at radius 3 is 1.76 bits per heavy atom. The number of fused-ring (bicyclic) bond motifs is 2. The molecule has 2 heterocycles. The lowest BCUT2D eigenvalue weighted by Gasteiger charge is -2.06. The number of benzene rings is 2. The molecule has 0 N–H and O–H groups in total. The van der Waals surface area contributed by atoms with Gasteiger partial charge in [0.1, 0.15) is 5.76 Å². The number of pyridine rings is 2. The van der Waals surface area contributed by atoms with Crippen LogP contribution in [-0.2, 0) is 4.74 Å². The summed E-state index contributed by atoms with van der Waals surface area (Å²) in [6.45, 7) is 15.3. The molecule has 2 aromatic carbocycles. The summed E-state index contributed by atoms with van der Waals surface area (Å²) in [5.41, 5.74) is 4.40. The van der Waals surface area contributed by atoms with E-state index >= 15 is 0 Å². The molecule has 0 saturated carbocycles. The van der Waals surface area contributed by atoms with Crippen molar-refractivity contribution in [3.63, 3.8) is 0 Å². The van der Waals surface area contributed by atoms with Gasteiger partial charge in [-0.1, -0.05) is 63.4 Å². The quantitative estimate of drug-likeness (QED) is 0.274. The lowest BCUT2D eigenvalue weighted by atomic mass is 10.0. The maximum Gasteiger partial charge on any atom is 0.127 e. The van der Waals surface area contributed by atoms with Crippen LogP contribution in [0.25, 0.3) is 27.6 Å². The zero-order valence-corrected chi connectivity index (χ0v) is 17.6. The van der Waals surface area contributed by atoms with Gasteiger partial charge >= 0.3 is 0 Å². The van der Waals surface area contributed by atoms with E-state index in [0.29, 0.717) is 11.5 Å². The topological polar surface area (TPSA) is 35.0 Å². The molecule has 0 spiro atoms. The summed E-state index contributed by atoms with van der Waals surface area (Å²) in [7, 11) is 0. The third kappa shape index (κ3) is 5.76. The summed E-state index contributed by atoms with van der Waals surface area (Å²) in [6.07, 6.45) is 3.39. The van der Waals surface area contributed by atoms with Gasteiger partial charge in [-0.3, -0.25) is 4.98 Å². The van der Waals surface area contributed by atoms with Crippen molar-refractivity contribution in [3.8, 4) is 0 Å². The molecule has 0 radical (unpaired) electrons. The van der Waals surface area contributed by atoms with E-state index in [9.17, 15) is 0 Å².